The fourth-order valence-electron chi connectivity index (χ4n) is 3.67. The SMILES string of the molecule is CO.Cc1ccc2c(=O)n(C)c(C(C=O)OC(C)C)c(-c3ccc(C(C)(F)F)cc3)c2c1. The van der Waals surface area contributed by atoms with Crippen LogP contribution in [-0.4, -0.2) is 29.2 Å². The number of ether oxygens (including phenoxy) is 1. The molecular weight excluding hydrogens is 416 g/mol. The maximum Gasteiger partial charge on any atom is 0.270 e. The predicted molar refractivity (Wildman–Crippen MR) is 122 cm³/mol. The summed E-state index contributed by atoms with van der Waals surface area (Å²) >= 11 is 0. The second-order valence-electron chi connectivity index (χ2n) is 7.88. The van der Waals surface area contributed by atoms with Gasteiger partial charge in [0, 0.05) is 37.6 Å². The van der Waals surface area contributed by atoms with Gasteiger partial charge < -0.3 is 19.2 Å². The standard InChI is InChI=1S/C24H25F2NO3.CH4O/c1-14(2)30-20(13-28)22-21(16-7-9-17(10-8-16)24(4,25)26)19-12-15(3)6-11-18(19)23(29)27(22)5;1-2/h6-14,20H,1-5H3;2H,1H3. The molecule has 1 atom stereocenters. The Morgan fingerprint density at radius 2 is 1.66 bits per heavy atom. The summed E-state index contributed by atoms with van der Waals surface area (Å²) in [5, 5.41) is 8.14. The maximum absolute atomic E-state index is 13.7. The van der Waals surface area contributed by atoms with Crippen molar-refractivity contribution in [1.29, 1.82) is 0 Å². The largest absolute Gasteiger partial charge is 0.400 e. The zero-order valence-corrected chi connectivity index (χ0v) is 19.1. The van der Waals surface area contributed by atoms with E-state index in [1.807, 2.05) is 19.1 Å². The summed E-state index contributed by atoms with van der Waals surface area (Å²) in [5.74, 6) is -2.96. The van der Waals surface area contributed by atoms with Crippen molar-refractivity contribution < 1.29 is 23.4 Å². The van der Waals surface area contributed by atoms with E-state index in [2.05, 4.69) is 0 Å². The minimum absolute atomic E-state index is 0.108. The summed E-state index contributed by atoms with van der Waals surface area (Å²) in [5.41, 5.74) is 2.23. The van der Waals surface area contributed by atoms with Crippen LogP contribution in [0.2, 0.25) is 0 Å². The second-order valence-corrected chi connectivity index (χ2v) is 7.88. The van der Waals surface area contributed by atoms with Crippen molar-refractivity contribution in [2.45, 2.75) is 45.8 Å². The van der Waals surface area contributed by atoms with Gasteiger partial charge in [0.1, 0.15) is 0 Å². The van der Waals surface area contributed by atoms with Crippen LogP contribution < -0.4 is 5.56 Å². The van der Waals surface area contributed by atoms with Gasteiger partial charge in [-0.25, -0.2) is 8.78 Å². The predicted octanol–water partition coefficient (Wildman–Crippen LogP) is 4.90. The molecule has 3 aromatic rings. The highest BCUT2D eigenvalue weighted by Crippen LogP contribution is 2.36. The fraction of sp³-hybridized carbons (Fsp3) is 0.360. The Balaban J connectivity index is 0.00000176. The van der Waals surface area contributed by atoms with Crippen LogP contribution >= 0.6 is 0 Å². The Bertz CT molecular complexity index is 1150. The molecule has 5 nitrogen and oxygen atoms in total. The lowest BCUT2D eigenvalue weighted by Crippen LogP contribution is -2.26. The number of aryl methyl sites for hydroxylation is 1. The maximum atomic E-state index is 13.7. The minimum Gasteiger partial charge on any atom is -0.400 e. The number of aliphatic hydroxyl groups is 1. The third-order valence-corrected chi connectivity index (χ3v) is 5.09. The molecule has 0 bridgehead atoms. The van der Waals surface area contributed by atoms with E-state index in [-0.39, 0.29) is 17.2 Å². The molecule has 3 rings (SSSR count). The summed E-state index contributed by atoms with van der Waals surface area (Å²) in [6.45, 7) is 6.36. The van der Waals surface area contributed by atoms with Crippen molar-refractivity contribution >= 4 is 17.1 Å². The summed E-state index contributed by atoms with van der Waals surface area (Å²) in [4.78, 5) is 25.0. The molecule has 0 spiro atoms. The van der Waals surface area contributed by atoms with Gasteiger partial charge in [0.25, 0.3) is 11.5 Å². The van der Waals surface area contributed by atoms with Crippen molar-refractivity contribution in [3.63, 3.8) is 0 Å². The van der Waals surface area contributed by atoms with Crippen LogP contribution in [0.1, 0.15) is 43.7 Å². The van der Waals surface area contributed by atoms with Crippen LogP contribution in [-0.2, 0) is 22.5 Å². The highest BCUT2D eigenvalue weighted by Gasteiger charge is 2.27. The molecule has 172 valence electrons. The van der Waals surface area contributed by atoms with Crippen LogP contribution in [0.3, 0.4) is 0 Å². The molecule has 0 radical (unpaired) electrons. The summed E-state index contributed by atoms with van der Waals surface area (Å²) in [7, 11) is 2.59. The number of benzene rings is 2. The zero-order valence-electron chi connectivity index (χ0n) is 19.1. The number of halogens is 2. The average Bonchev–Trinajstić information content (AvgIpc) is 2.75. The molecule has 1 unspecified atom stereocenters. The molecule has 0 aliphatic rings. The molecule has 0 aliphatic heterocycles. The Hall–Kier alpha value is -2.90. The quantitative estimate of drug-likeness (QED) is 0.548. The molecule has 0 amide bonds. The van der Waals surface area contributed by atoms with E-state index in [4.69, 9.17) is 9.84 Å². The molecule has 0 aliphatic carbocycles. The van der Waals surface area contributed by atoms with Crippen molar-refractivity contribution in [2.24, 2.45) is 7.05 Å². The number of hydrogen-bond donors (Lipinski definition) is 1. The van der Waals surface area contributed by atoms with Crippen LogP contribution in [0.4, 0.5) is 8.78 Å². The Morgan fingerprint density at radius 1 is 1.06 bits per heavy atom. The lowest BCUT2D eigenvalue weighted by molar-refractivity contribution is -0.121. The highest BCUT2D eigenvalue weighted by atomic mass is 19.3. The molecule has 1 aromatic heterocycles. The lowest BCUT2D eigenvalue weighted by atomic mass is 9.92. The zero-order chi connectivity index (χ0) is 24.2. The summed E-state index contributed by atoms with van der Waals surface area (Å²) < 4.78 is 34.6. The number of alkyl halides is 2. The molecule has 1 N–H and O–H groups in total. The first kappa shape index (κ1) is 25.4. The molecule has 0 saturated heterocycles. The van der Waals surface area contributed by atoms with E-state index in [0.717, 1.165) is 19.6 Å². The minimum atomic E-state index is -2.96. The van der Waals surface area contributed by atoms with Crippen molar-refractivity contribution in [1.82, 2.24) is 4.57 Å². The van der Waals surface area contributed by atoms with Crippen molar-refractivity contribution in [2.75, 3.05) is 7.11 Å². The molecular formula is C25H29F2NO4. The van der Waals surface area contributed by atoms with Gasteiger partial charge in [-0.1, -0.05) is 42.0 Å². The number of carbonyl (C=O) groups excluding carboxylic acids is 1. The number of aliphatic hydroxyl groups excluding tert-OH is 1. The van der Waals surface area contributed by atoms with Crippen LogP contribution in [0.5, 0.6) is 0 Å². The molecule has 7 heteroatoms. The number of nitrogens with zero attached hydrogens (tertiary/aromatic N) is 1. The van der Waals surface area contributed by atoms with Gasteiger partial charge in [-0.05, 0) is 37.8 Å². The summed E-state index contributed by atoms with van der Waals surface area (Å²) in [6.07, 6.45) is -0.568. The molecule has 32 heavy (non-hydrogen) atoms. The fourth-order valence-corrected chi connectivity index (χ4v) is 3.67. The lowest BCUT2D eigenvalue weighted by Gasteiger charge is -2.23. The first-order valence-corrected chi connectivity index (χ1v) is 10.2. The Labute approximate surface area is 186 Å². The van der Waals surface area contributed by atoms with Crippen molar-refractivity contribution in [3.05, 3.63) is 69.6 Å². The van der Waals surface area contributed by atoms with Crippen LogP contribution in [0.15, 0.2) is 47.3 Å². The summed E-state index contributed by atoms with van der Waals surface area (Å²) in [6, 6.07) is 11.4. The van der Waals surface area contributed by atoms with E-state index >= 15 is 0 Å². The van der Waals surface area contributed by atoms with Gasteiger partial charge in [-0.2, -0.15) is 0 Å². The molecule has 2 aromatic carbocycles. The molecule has 1 heterocycles. The van der Waals surface area contributed by atoms with Gasteiger partial charge in [-0.3, -0.25) is 4.79 Å². The van der Waals surface area contributed by atoms with Crippen molar-refractivity contribution in [3.8, 4) is 11.1 Å². The van der Waals surface area contributed by atoms with Gasteiger partial charge in [-0.15, -0.1) is 0 Å². The van der Waals surface area contributed by atoms with Gasteiger partial charge >= 0.3 is 0 Å². The first-order chi connectivity index (χ1) is 15.0. The average molecular weight is 446 g/mol. The van der Waals surface area contributed by atoms with E-state index in [0.29, 0.717) is 33.9 Å². The monoisotopic (exact) mass is 445 g/mol. The number of rotatable bonds is 6. The Morgan fingerprint density at radius 3 is 2.16 bits per heavy atom. The first-order valence-electron chi connectivity index (χ1n) is 10.2. The topological polar surface area (TPSA) is 68.5 Å². The molecule has 0 saturated carbocycles. The van der Waals surface area contributed by atoms with E-state index in [1.54, 1.807) is 39.1 Å². The van der Waals surface area contributed by atoms with E-state index in [1.165, 1.54) is 16.7 Å². The van der Waals surface area contributed by atoms with E-state index < -0.39 is 12.0 Å². The number of hydrogen-bond acceptors (Lipinski definition) is 4. The van der Waals surface area contributed by atoms with Crippen LogP contribution in [0.25, 0.3) is 21.9 Å². The smallest absolute Gasteiger partial charge is 0.270 e. The van der Waals surface area contributed by atoms with Gasteiger partial charge in [0.15, 0.2) is 12.4 Å². The normalized spacial score (nSPS) is 12.4. The number of pyridine rings is 1. The van der Waals surface area contributed by atoms with E-state index in [9.17, 15) is 18.4 Å². The number of aromatic nitrogens is 1. The number of carbonyl (C=O) groups is 1. The van der Waals surface area contributed by atoms with Crippen LogP contribution in [0, 0.1) is 6.92 Å². The molecule has 0 fully saturated rings. The number of fused-ring (bicyclic) bond motifs is 1. The Kier molecular flexibility index (Phi) is 8.04. The third-order valence-electron chi connectivity index (χ3n) is 5.09. The third kappa shape index (κ3) is 5.11. The second kappa shape index (κ2) is 10.1. The van der Waals surface area contributed by atoms with Gasteiger partial charge in [0.2, 0.25) is 0 Å². The van der Waals surface area contributed by atoms with Gasteiger partial charge in [0.05, 0.1) is 11.8 Å². The highest BCUT2D eigenvalue weighted by molar-refractivity contribution is 5.98. The number of aldehydes is 1.